The van der Waals surface area contributed by atoms with Gasteiger partial charge in [-0.15, -0.1) is 0 Å². The number of aliphatic hydroxyl groups excluding tert-OH is 1. The molecule has 2 aromatic rings. The zero-order chi connectivity index (χ0) is 17.1. The van der Waals surface area contributed by atoms with Crippen molar-refractivity contribution >= 4 is 17.4 Å². The topological polar surface area (TPSA) is 83.4 Å². The van der Waals surface area contributed by atoms with E-state index in [0.717, 1.165) is 0 Å². The van der Waals surface area contributed by atoms with E-state index < -0.39 is 17.7 Å². The number of amides is 1. The normalized spacial score (nSPS) is 19.7. The summed E-state index contributed by atoms with van der Waals surface area (Å²) in [7, 11) is 0. The van der Waals surface area contributed by atoms with Crippen LogP contribution < -0.4 is 0 Å². The first-order valence-electron chi connectivity index (χ1n) is 7.74. The largest absolute Gasteiger partial charge is 0.507 e. The van der Waals surface area contributed by atoms with Crippen molar-refractivity contribution in [1.82, 2.24) is 14.9 Å². The molecule has 3 heterocycles. The van der Waals surface area contributed by atoms with E-state index in [0.29, 0.717) is 24.1 Å². The SMILES string of the molecule is CCCN1C(=O)C(=O)/C(=C(\O)c2ccncc2)C1c1cccnc1. The number of rotatable bonds is 4. The molecule has 1 unspecified atom stereocenters. The number of ketones is 1. The number of pyridine rings is 2. The smallest absolute Gasteiger partial charge is 0.295 e. The molecule has 0 bridgehead atoms. The fourth-order valence-corrected chi connectivity index (χ4v) is 2.90. The lowest BCUT2D eigenvalue weighted by atomic mass is 9.96. The Morgan fingerprint density at radius 3 is 2.54 bits per heavy atom. The number of likely N-dealkylation sites (tertiary alicyclic amines) is 1. The van der Waals surface area contributed by atoms with Crippen LogP contribution in [0.1, 0.15) is 30.5 Å². The van der Waals surface area contributed by atoms with E-state index in [1.807, 2.05) is 6.92 Å². The third-order valence-electron chi connectivity index (χ3n) is 3.96. The summed E-state index contributed by atoms with van der Waals surface area (Å²) in [5.41, 5.74) is 1.24. The van der Waals surface area contributed by atoms with Gasteiger partial charge in [0.1, 0.15) is 5.76 Å². The Labute approximate surface area is 139 Å². The predicted octanol–water partition coefficient (Wildman–Crippen LogP) is 2.31. The molecule has 1 atom stereocenters. The molecule has 122 valence electrons. The van der Waals surface area contributed by atoms with E-state index in [1.165, 1.54) is 17.3 Å². The van der Waals surface area contributed by atoms with Crippen LogP contribution in [0.25, 0.3) is 5.76 Å². The molecule has 1 aliphatic heterocycles. The molecule has 0 saturated carbocycles. The maximum absolute atomic E-state index is 12.5. The first-order chi connectivity index (χ1) is 11.6. The molecule has 0 aromatic carbocycles. The van der Waals surface area contributed by atoms with Gasteiger partial charge in [-0.05, 0) is 30.2 Å². The Kier molecular flexibility index (Phi) is 4.37. The van der Waals surface area contributed by atoms with Gasteiger partial charge in [-0.1, -0.05) is 13.0 Å². The monoisotopic (exact) mass is 323 g/mol. The van der Waals surface area contributed by atoms with Gasteiger partial charge >= 0.3 is 0 Å². The molecule has 1 amide bonds. The van der Waals surface area contributed by atoms with Crippen molar-refractivity contribution in [2.75, 3.05) is 6.54 Å². The summed E-state index contributed by atoms with van der Waals surface area (Å²) in [5, 5.41) is 10.7. The number of aromatic nitrogens is 2. The highest BCUT2D eigenvalue weighted by Crippen LogP contribution is 2.38. The van der Waals surface area contributed by atoms with Gasteiger partial charge in [-0.3, -0.25) is 19.6 Å². The maximum atomic E-state index is 12.5. The van der Waals surface area contributed by atoms with Crippen LogP contribution in [0.2, 0.25) is 0 Å². The van der Waals surface area contributed by atoms with Crippen LogP contribution in [0.5, 0.6) is 0 Å². The highest BCUT2D eigenvalue weighted by molar-refractivity contribution is 6.46. The molecular weight excluding hydrogens is 306 g/mol. The number of hydrogen-bond donors (Lipinski definition) is 1. The number of carbonyl (C=O) groups is 2. The number of Topliss-reactive ketones (excluding diaryl/α,β-unsaturated/α-hetero) is 1. The summed E-state index contributed by atoms with van der Waals surface area (Å²) >= 11 is 0. The van der Waals surface area contributed by atoms with Crippen LogP contribution in [0.3, 0.4) is 0 Å². The number of aliphatic hydroxyl groups is 1. The van der Waals surface area contributed by atoms with Crippen LogP contribution in [0, 0.1) is 0 Å². The highest BCUT2D eigenvalue weighted by Gasteiger charge is 2.45. The second kappa shape index (κ2) is 6.62. The predicted molar refractivity (Wildman–Crippen MR) is 87.8 cm³/mol. The Balaban J connectivity index is 2.18. The van der Waals surface area contributed by atoms with Gasteiger partial charge in [0.2, 0.25) is 0 Å². The number of carbonyl (C=O) groups excluding carboxylic acids is 2. The van der Waals surface area contributed by atoms with Gasteiger partial charge in [-0.2, -0.15) is 0 Å². The number of nitrogens with zero attached hydrogens (tertiary/aromatic N) is 3. The first-order valence-corrected chi connectivity index (χ1v) is 7.74. The van der Waals surface area contributed by atoms with Gasteiger partial charge in [0.15, 0.2) is 0 Å². The highest BCUT2D eigenvalue weighted by atomic mass is 16.3. The average Bonchev–Trinajstić information content (AvgIpc) is 2.88. The molecule has 6 nitrogen and oxygen atoms in total. The zero-order valence-corrected chi connectivity index (χ0v) is 13.2. The van der Waals surface area contributed by atoms with Gasteiger partial charge in [0.25, 0.3) is 11.7 Å². The molecular formula is C18H17N3O3. The van der Waals surface area contributed by atoms with E-state index in [1.54, 1.807) is 36.7 Å². The molecule has 3 rings (SSSR count). The molecule has 24 heavy (non-hydrogen) atoms. The summed E-state index contributed by atoms with van der Waals surface area (Å²) in [6.07, 6.45) is 6.99. The quantitative estimate of drug-likeness (QED) is 0.530. The minimum Gasteiger partial charge on any atom is -0.507 e. The van der Waals surface area contributed by atoms with Gasteiger partial charge in [-0.25, -0.2) is 0 Å². The van der Waals surface area contributed by atoms with Crippen LogP contribution in [0.4, 0.5) is 0 Å². The van der Waals surface area contributed by atoms with Crippen LogP contribution in [0.15, 0.2) is 54.6 Å². The van der Waals surface area contributed by atoms with Crippen LogP contribution >= 0.6 is 0 Å². The van der Waals surface area contributed by atoms with Gasteiger partial charge in [0, 0.05) is 36.9 Å². The molecule has 0 radical (unpaired) electrons. The second-order valence-corrected chi connectivity index (χ2v) is 5.51. The van der Waals surface area contributed by atoms with Crippen LogP contribution in [-0.2, 0) is 9.59 Å². The summed E-state index contributed by atoms with van der Waals surface area (Å²) < 4.78 is 0. The van der Waals surface area contributed by atoms with Crippen molar-refractivity contribution in [1.29, 1.82) is 0 Å². The fraction of sp³-hybridized carbons (Fsp3) is 0.222. The first kappa shape index (κ1) is 15.9. The van der Waals surface area contributed by atoms with Crippen LogP contribution in [-0.4, -0.2) is 38.2 Å². The molecule has 2 aromatic heterocycles. The lowest BCUT2D eigenvalue weighted by Gasteiger charge is -2.24. The number of hydrogen-bond acceptors (Lipinski definition) is 5. The van der Waals surface area contributed by atoms with Crippen molar-refractivity contribution in [3.63, 3.8) is 0 Å². The average molecular weight is 323 g/mol. The van der Waals surface area contributed by atoms with E-state index in [2.05, 4.69) is 9.97 Å². The van der Waals surface area contributed by atoms with E-state index in [4.69, 9.17) is 0 Å². The van der Waals surface area contributed by atoms with Crippen molar-refractivity contribution in [3.8, 4) is 0 Å². The zero-order valence-electron chi connectivity index (χ0n) is 13.2. The summed E-state index contributed by atoms with van der Waals surface area (Å²) in [4.78, 5) is 34.4. The summed E-state index contributed by atoms with van der Waals surface area (Å²) in [6.45, 7) is 2.36. The van der Waals surface area contributed by atoms with Crippen molar-refractivity contribution < 1.29 is 14.7 Å². The lowest BCUT2D eigenvalue weighted by molar-refractivity contribution is -0.139. The Morgan fingerprint density at radius 1 is 1.17 bits per heavy atom. The van der Waals surface area contributed by atoms with Gasteiger partial charge < -0.3 is 10.0 Å². The minimum atomic E-state index is -0.674. The second-order valence-electron chi connectivity index (χ2n) is 5.51. The summed E-state index contributed by atoms with van der Waals surface area (Å²) in [6, 6.07) is 6.11. The lowest BCUT2D eigenvalue weighted by Crippen LogP contribution is -2.30. The molecule has 1 aliphatic rings. The maximum Gasteiger partial charge on any atom is 0.295 e. The van der Waals surface area contributed by atoms with E-state index in [9.17, 15) is 14.7 Å². The van der Waals surface area contributed by atoms with Crippen molar-refractivity contribution in [2.24, 2.45) is 0 Å². The fourth-order valence-electron chi connectivity index (χ4n) is 2.90. The standard InChI is InChI=1S/C18H17N3O3/c1-2-10-21-15(13-4-3-7-20-11-13)14(17(23)18(21)24)16(22)12-5-8-19-9-6-12/h3-9,11,15,22H,2,10H2,1H3/b16-14-. The molecule has 1 saturated heterocycles. The molecule has 1 N–H and O–H groups in total. The third kappa shape index (κ3) is 2.67. The summed E-state index contributed by atoms with van der Waals surface area (Å²) in [5.74, 6) is -1.46. The third-order valence-corrected chi connectivity index (χ3v) is 3.96. The Bertz CT molecular complexity index is 788. The molecule has 6 heteroatoms. The Morgan fingerprint density at radius 2 is 1.92 bits per heavy atom. The van der Waals surface area contributed by atoms with E-state index >= 15 is 0 Å². The molecule has 0 aliphatic carbocycles. The molecule has 0 spiro atoms. The van der Waals surface area contributed by atoms with Crippen molar-refractivity contribution in [3.05, 3.63) is 65.8 Å². The van der Waals surface area contributed by atoms with Gasteiger partial charge in [0.05, 0.1) is 11.6 Å². The van der Waals surface area contributed by atoms with E-state index in [-0.39, 0.29) is 11.3 Å². The minimum absolute atomic E-state index is 0.0904. The van der Waals surface area contributed by atoms with Crippen molar-refractivity contribution in [2.45, 2.75) is 19.4 Å². The Hall–Kier alpha value is -3.02. The molecule has 1 fully saturated rings.